The van der Waals surface area contributed by atoms with E-state index in [1.165, 1.54) is 12.1 Å². The molecule has 1 saturated heterocycles. The fraction of sp³-hybridized carbons (Fsp3) is 0.533. The summed E-state index contributed by atoms with van der Waals surface area (Å²) in [6.07, 6.45) is -2.32. The fourth-order valence-corrected chi connectivity index (χ4v) is 3.41. The molecule has 0 amide bonds. The third kappa shape index (κ3) is 4.41. The van der Waals surface area contributed by atoms with E-state index in [0.717, 1.165) is 6.42 Å². The Labute approximate surface area is 141 Å². The summed E-state index contributed by atoms with van der Waals surface area (Å²) in [6, 6.07) is 3.12. The molecule has 24 heavy (non-hydrogen) atoms. The number of rotatable bonds is 5. The lowest BCUT2D eigenvalue weighted by molar-refractivity contribution is -0.138. The van der Waals surface area contributed by atoms with Crippen LogP contribution in [-0.4, -0.2) is 57.3 Å². The number of nitrogens with zero attached hydrogens (tertiary/aromatic N) is 2. The molecule has 0 aliphatic carbocycles. The predicted molar refractivity (Wildman–Crippen MR) is 83.9 cm³/mol. The summed E-state index contributed by atoms with van der Waals surface area (Å²) in [5.41, 5.74) is -1.25. The van der Waals surface area contributed by atoms with Gasteiger partial charge in [0, 0.05) is 38.0 Å². The quantitative estimate of drug-likeness (QED) is 0.812. The van der Waals surface area contributed by atoms with Crippen LogP contribution in [-0.2, 0) is 24.1 Å². The highest BCUT2D eigenvalue weighted by atomic mass is 32.2. The molecule has 0 saturated carbocycles. The lowest BCUT2D eigenvalue weighted by Gasteiger charge is -2.24. The number of carboxylic acid groups (broad SMARTS) is 1. The molecule has 2 atom stereocenters. The van der Waals surface area contributed by atoms with Gasteiger partial charge < -0.3 is 9.66 Å². The van der Waals surface area contributed by atoms with E-state index in [0.29, 0.717) is 19.2 Å². The van der Waals surface area contributed by atoms with Gasteiger partial charge in [0.15, 0.2) is 0 Å². The van der Waals surface area contributed by atoms with Gasteiger partial charge in [0.1, 0.15) is 6.26 Å². The van der Waals surface area contributed by atoms with E-state index in [-0.39, 0.29) is 23.7 Å². The molecule has 1 heterocycles. The van der Waals surface area contributed by atoms with Gasteiger partial charge in [-0.2, -0.15) is 13.2 Å². The summed E-state index contributed by atoms with van der Waals surface area (Å²) in [6.45, 7) is 1.20. The Balaban J connectivity index is 2.17. The van der Waals surface area contributed by atoms with Gasteiger partial charge in [-0.05, 0) is 24.1 Å². The van der Waals surface area contributed by atoms with Crippen molar-refractivity contribution >= 4 is 17.3 Å². The third-order valence-corrected chi connectivity index (χ3v) is 5.33. The van der Waals surface area contributed by atoms with Crippen molar-refractivity contribution in [1.29, 1.82) is 0 Å². The highest BCUT2D eigenvalue weighted by molar-refractivity contribution is 7.88. The topological polar surface area (TPSA) is 66.8 Å². The van der Waals surface area contributed by atoms with Gasteiger partial charge in [0.2, 0.25) is 0 Å². The first-order valence-electron chi connectivity index (χ1n) is 7.31. The minimum absolute atomic E-state index is 0.0310. The summed E-state index contributed by atoms with van der Waals surface area (Å²) in [5.74, 6) is -1.39. The Morgan fingerprint density at radius 3 is 2.71 bits per heavy atom. The number of alkyl halides is 3. The predicted octanol–water partition coefficient (Wildman–Crippen LogP) is 2.20. The molecule has 1 aliphatic heterocycles. The highest BCUT2D eigenvalue weighted by Crippen LogP contribution is 2.34. The summed E-state index contributed by atoms with van der Waals surface area (Å²) in [4.78, 5) is 12.8. The van der Waals surface area contributed by atoms with Gasteiger partial charge in [-0.15, -0.1) is 4.31 Å². The maximum absolute atomic E-state index is 13.2. The summed E-state index contributed by atoms with van der Waals surface area (Å²) >= 11 is -1.13. The van der Waals surface area contributed by atoms with Crippen molar-refractivity contribution in [2.24, 2.45) is 0 Å². The van der Waals surface area contributed by atoms with Crippen molar-refractivity contribution in [3.63, 3.8) is 0 Å². The van der Waals surface area contributed by atoms with Gasteiger partial charge in [0.25, 0.3) is 0 Å². The second-order valence-corrected chi connectivity index (χ2v) is 7.25. The van der Waals surface area contributed by atoms with E-state index in [1.54, 1.807) is 17.6 Å². The summed E-state index contributed by atoms with van der Waals surface area (Å²) in [7, 11) is 1.73. The first-order chi connectivity index (χ1) is 11.1. The van der Waals surface area contributed by atoms with E-state index in [1.807, 2.05) is 4.90 Å². The van der Waals surface area contributed by atoms with E-state index < -0.39 is 29.1 Å². The first-order valence-corrected chi connectivity index (χ1v) is 8.83. The Morgan fingerprint density at radius 1 is 1.50 bits per heavy atom. The minimum atomic E-state index is -4.61. The monoisotopic (exact) mass is 364 g/mol. The Morgan fingerprint density at radius 2 is 2.17 bits per heavy atom. The second-order valence-electron chi connectivity index (χ2n) is 5.82. The SMILES string of the molecule is CN([C@@H]1CCN(Cc2ccc(C(=O)O)cc2C(F)(F)F)C1)[S+](C)[O-]. The average molecular weight is 364 g/mol. The molecule has 1 aromatic rings. The average Bonchev–Trinajstić information content (AvgIpc) is 2.93. The number of carbonyl (C=O) groups is 1. The highest BCUT2D eigenvalue weighted by Gasteiger charge is 2.36. The molecule has 0 spiro atoms. The molecule has 0 radical (unpaired) electrons. The fourth-order valence-electron chi connectivity index (χ4n) is 2.81. The van der Waals surface area contributed by atoms with E-state index >= 15 is 0 Å². The number of likely N-dealkylation sites (tertiary alicyclic amines) is 1. The zero-order chi connectivity index (χ0) is 18.1. The van der Waals surface area contributed by atoms with E-state index in [4.69, 9.17) is 5.11 Å². The van der Waals surface area contributed by atoms with Gasteiger partial charge in [-0.1, -0.05) is 6.07 Å². The molecule has 1 aliphatic rings. The van der Waals surface area contributed by atoms with Crippen LogP contribution in [0.4, 0.5) is 13.2 Å². The second kappa shape index (κ2) is 7.30. The Bertz CT molecular complexity index is 610. The summed E-state index contributed by atoms with van der Waals surface area (Å²) in [5, 5.41) is 8.89. The zero-order valence-electron chi connectivity index (χ0n) is 13.3. The molecule has 1 aromatic carbocycles. The van der Waals surface area contributed by atoms with Crippen LogP contribution >= 0.6 is 0 Å². The molecule has 134 valence electrons. The minimum Gasteiger partial charge on any atom is -0.598 e. The van der Waals surface area contributed by atoms with Crippen LogP contribution in [0.5, 0.6) is 0 Å². The Kier molecular flexibility index (Phi) is 5.79. The molecule has 9 heteroatoms. The number of benzene rings is 1. The van der Waals surface area contributed by atoms with Crippen molar-refractivity contribution < 1.29 is 27.6 Å². The van der Waals surface area contributed by atoms with Gasteiger partial charge in [0.05, 0.1) is 17.2 Å². The standard InChI is InChI=1S/C15H19F3N2O3S/c1-19(24(2)23)12-5-6-20(9-12)8-11-4-3-10(14(21)22)7-13(11)15(16,17)18/h3-4,7,12H,5-6,8-9H2,1-2H3,(H,21,22)/t12-,24?/m1/s1. The molecular formula is C15H19F3N2O3S. The van der Waals surface area contributed by atoms with Crippen LogP contribution < -0.4 is 0 Å². The van der Waals surface area contributed by atoms with E-state index in [2.05, 4.69) is 0 Å². The molecule has 5 nitrogen and oxygen atoms in total. The van der Waals surface area contributed by atoms with Crippen molar-refractivity contribution in [2.75, 3.05) is 26.4 Å². The number of carboxylic acids is 1. The molecule has 0 bridgehead atoms. The zero-order valence-corrected chi connectivity index (χ0v) is 14.2. The first kappa shape index (κ1) is 19.0. The van der Waals surface area contributed by atoms with E-state index in [9.17, 15) is 22.5 Å². The number of halogens is 3. The van der Waals surface area contributed by atoms with Crippen LogP contribution in [0.25, 0.3) is 0 Å². The van der Waals surface area contributed by atoms with Crippen LogP contribution in [0.3, 0.4) is 0 Å². The van der Waals surface area contributed by atoms with Crippen LogP contribution in [0.2, 0.25) is 0 Å². The lowest BCUT2D eigenvalue weighted by atomic mass is 10.0. The van der Waals surface area contributed by atoms with Crippen molar-refractivity contribution in [3.05, 3.63) is 34.9 Å². The molecule has 1 unspecified atom stereocenters. The number of hydrogen-bond acceptors (Lipinski definition) is 4. The molecule has 1 fully saturated rings. The van der Waals surface area contributed by atoms with Crippen molar-refractivity contribution in [3.8, 4) is 0 Å². The normalized spacial score (nSPS) is 20.5. The van der Waals surface area contributed by atoms with Gasteiger partial charge >= 0.3 is 12.1 Å². The third-order valence-electron chi connectivity index (χ3n) is 4.22. The van der Waals surface area contributed by atoms with Gasteiger partial charge in [-0.3, -0.25) is 4.90 Å². The number of aromatic carboxylic acids is 1. The van der Waals surface area contributed by atoms with Crippen LogP contribution in [0.15, 0.2) is 18.2 Å². The maximum atomic E-state index is 13.2. The van der Waals surface area contributed by atoms with Crippen molar-refractivity contribution in [1.82, 2.24) is 9.21 Å². The molecular weight excluding hydrogens is 345 g/mol. The molecule has 0 aromatic heterocycles. The lowest BCUT2D eigenvalue weighted by Crippen LogP contribution is -2.38. The van der Waals surface area contributed by atoms with Gasteiger partial charge in [-0.25, -0.2) is 4.79 Å². The summed E-state index contributed by atoms with van der Waals surface area (Å²) < 4.78 is 52.9. The van der Waals surface area contributed by atoms with Crippen LogP contribution in [0.1, 0.15) is 27.9 Å². The number of likely N-dealkylation sites (N-methyl/N-ethyl adjacent to an activating group) is 1. The maximum Gasteiger partial charge on any atom is 0.416 e. The number of hydrogen-bond donors (Lipinski definition) is 1. The molecule has 1 N–H and O–H groups in total. The molecule has 2 rings (SSSR count). The smallest absolute Gasteiger partial charge is 0.416 e. The Hall–Kier alpha value is -1.29. The van der Waals surface area contributed by atoms with Crippen molar-refractivity contribution in [2.45, 2.75) is 25.2 Å². The largest absolute Gasteiger partial charge is 0.598 e. The van der Waals surface area contributed by atoms with Crippen LogP contribution in [0, 0.1) is 0 Å².